The van der Waals surface area contributed by atoms with Crippen LogP contribution >= 0.6 is 11.3 Å². The fraction of sp³-hybridized carbons (Fsp3) is 0.211. The average molecular weight is 428 g/mol. The molecule has 2 heterocycles. The molecule has 0 unspecified atom stereocenters. The molecule has 4 N–H and O–H groups in total. The van der Waals surface area contributed by atoms with Gasteiger partial charge in [-0.05, 0) is 44.2 Å². The summed E-state index contributed by atoms with van der Waals surface area (Å²) in [5.41, 5.74) is 5.27. The number of rotatable bonds is 8. The van der Waals surface area contributed by atoms with Crippen molar-refractivity contribution in [1.82, 2.24) is 19.7 Å². The number of H-pyrrole nitrogens is 1. The van der Waals surface area contributed by atoms with Crippen molar-refractivity contribution in [3.63, 3.8) is 0 Å². The number of fused-ring (bicyclic) bond motifs is 1. The summed E-state index contributed by atoms with van der Waals surface area (Å²) < 4.78 is 6.60. The van der Waals surface area contributed by atoms with Crippen LogP contribution in [0.3, 0.4) is 0 Å². The third-order valence-corrected chi connectivity index (χ3v) is 5.00. The number of nitrogens with two attached hydrogens (primary N) is 1. The molecular formula is C19H20N6O4S. The first-order valence-corrected chi connectivity index (χ1v) is 9.86. The molecule has 1 amide bonds. The Kier molecular flexibility index (Phi) is 6.54. The minimum atomic E-state index is -0.757. The van der Waals surface area contributed by atoms with Crippen LogP contribution in [0, 0.1) is 0 Å². The number of allylic oxidation sites excluding steroid dienone is 1. The van der Waals surface area contributed by atoms with Gasteiger partial charge in [-0.3, -0.25) is 19.7 Å². The molecule has 0 radical (unpaired) electrons. The zero-order chi connectivity index (χ0) is 21.7. The van der Waals surface area contributed by atoms with Gasteiger partial charge < -0.3 is 20.0 Å². The molecule has 0 aliphatic rings. The van der Waals surface area contributed by atoms with Crippen LogP contribution in [-0.2, 0) is 11.3 Å². The second-order valence-corrected chi connectivity index (χ2v) is 7.07. The van der Waals surface area contributed by atoms with Gasteiger partial charge in [-0.25, -0.2) is 0 Å². The molecule has 2 aromatic heterocycles. The lowest BCUT2D eigenvalue weighted by Gasteiger charge is -2.10. The highest BCUT2D eigenvalue weighted by molar-refractivity contribution is 7.16. The van der Waals surface area contributed by atoms with Crippen molar-refractivity contribution in [2.75, 3.05) is 11.9 Å². The summed E-state index contributed by atoms with van der Waals surface area (Å²) in [6, 6.07) is 4.68. The smallest absolute Gasteiger partial charge is 0.316 e. The first-order valence-electron chi connectivity index (χ1n) is 9.04. The fourth-order valence-electron chi connectivity index (χ4n) is 2.77. The van der Waals surface area contributed by atoms with Crippen LogP contribution in [0.25, 0.3) is 16.8 Å². The number of nitrogens with one attached hydrogen (secondary N) is 2. The van der Waals surface area contributed by atoms with Crippen LogP contribution in [0.15, 0.2) is 46.7 Å². The van der Waals surface area contributed by atoms with Crippen LogP contribution < -0.4 is 22.2 Å². The molecule has 30 heavy (non-hydrogen) atoms. The topological polar surface area (TPSA) is 145 Å². The molecule has 0 aliphatic heterocycles. The molecule has 0 spiro atoms. The summed E-state index contributed by atoms with van der Waals surface area (Å²) in [7, 11) is 0. The van der Waals surface area contributed by atoms with Gasteiger partial charge >= 0.3 is 11.1 Å². The van der Waals surface area contributed by atoms with E-state index in [0.29, 0.717) is 41.3 Å². The average Bonchev–Trinajstić information content (AvgIpc) is 3.20. The highest BCUT2D eigenvalue weighted by Crippen LogP contribution is 2.24. The Labute approximate surface area is 174 Å². The Bertz CT molecular complexity index is 1240. The number of benzene rings is 1. The van der Waals surface area contributed by atoms with Crippen molar-refractivity contribution < 1.29 is 9.53 Å². The second kappa shape index (κ2) is 9.29. The van der Waals surface area contributed by atoms with E-state index in [-0.39, 0.29) is 10.7 Å². The molecular weight excluding hydrogens is 408 g/mol. The Morgan fingerprint density at radius 1 is 1.40 bits per heavy atom. The lowest BCUT2D eigenvalue weighted by Crippen LogP contribution is -2.36. The third-order valence-electron chi connectivity index (χ3n) is 4.15. The first-order chi connectivity index (χ1) is 14.5. The predicted octanol–water partition coefficient (Wildman–Crippen LogP) is 1.66. The molecule has 11 heteroatoms. The number of anilines is 1. The van der Waals surface area contributed by atoms with Gasteiger partial charge in [-0.1, -0.05) is 17.9 Å². The van der Waals surface area contributed by atoms with E-state index in [4.69, 9.17) is 10.5 Å². The maximum Gasteiger partial charge on any atom is 0.316 e. The number of aromatic amines is 1. The molecule has 0 atom stereocenters. The summed E-state index contributed by atoms with van der Waals surface area (Å²) >= 11 is 1.14. The zero-order valence-corrected chi connectivity index (χ0v) is 17.0. The molecule has 1 aromatic carbocycles. The minimum Gasteiger partial charge on any atom is -0.463 e. The van der Waals surface area contributed by atoms with Crippen LogP contribution in [0.1, 0.15) is 28.7 Å². The number of hydrogen-bond donors (Lipinski definition) is 3. The molecule has 3 rings (SSSR count). The fourth-order valence-corrected chi connectivity index (χ4v) is 3.52. The molecule has 3 aromatic rings. The first kappa shape index (κ1) is 21.1. The zero-order valence-electron chi connectivity index (χ0n) is 16.2. The largest absolute Gasteiger partial charge is 0.463 e. The van der Waals surface area contributed by atoms with Crippen molar-refractivity contribution in [3.8, 4) is 0 Å². The normalized spacial score (nSPS) is 11.5. The van der Waals surface area contributed by atoms with Crippen molar-refractivity contribution in [2.24, 2.45) is 5.73 Å². The van der Waals surface area contributed by atoms with Gasteiger partial charge in [0, 0.05) is 12.1 Å². The number of aromatic nitrogens is 4. The molecule has 0 bridgehead atoms. The van der Waals surface area contributed by atoms with E-state index >= 15 is 0 Å². The summed E-state index contributed by atoms with van der Waals surface area (Å²) in [6.45, 7) is 5.98. The number of amides is 1. The van der Waals surface area contributed by atoms with E-state index < -0.39 is 17.0 Å². The van der Waals surface area contributed by atoms with Gasteiger partial charge in [0.1, 0.15) is 0 Å². The molecule has 0 saturated carbocycles. The minimum absolute atomic E-state index is 0.281. The van der Waals surface area contributed by atoms with Gasteiger partial charge in [0.05, 0.1) is 17.3 Å². The van der Waals surface area contributed by atoms with Crippen molar-refractivity contribution in [2.45, 2.75) is 19.9 Å². The molecule has 0 aliphatic carbocycles. The predicted molar refractivity (Wildman–Crippen MR) is 115 cm³/mol. The lowest BCUT2D eigenvalue weighted by molar-refractivity contribution is 0.102. The monoisotopic (exact) mass is 428 g/mol. The second-order valence-electron chi connectivity index (χ2n) is 6.09. The molecule has 0 saturated heterocycles. The molecule has 0 fully saturated rings. The summed E-state index contributed by atoms with van der Waals surface area (Å²) in [5, 5.41) is 11.3. The van der Waals surface area contributed by atoms with Crippen molar-refractivity contribution in [1.29, 1.82) is 0 Å². The van der Waals surface area contributed by atoms with Crippen LogP contribution in [-0.4, -0.2) is 32.2 Å². The summed E-state index contributed by atoms with van der Waals surface area (Å²) in [6.07, 6.45) is 3.53. The van der Waals surface area contributed by atoms with E-state index in [2.05, 4.69) is 27.1 Å². The standard InChI is InChI=1S/C19H20N6O4S/c1-3-14(29-4-2)17-23-24-19(30-17)22-15(26)11-6-7-13-12(10-11)21-16(27)18(28)25(13)9-5-8-20/h3-4,6-7,10H,2,5,8-9,20H2,1H3,(H,21,27)(H,22,24,26)/b14-3-. The number of hydrogen-bond acceptors (Lipinski definition) is 8. The lowest BCUT2D eigenvalue weighted by atomic mass is 10.1. The van der Waals surface area contributed by atoms with Gasteiger partial charge in [0.25, 0.3) is 5.91 Å². The quantitative estimate of drug-likeness (QED) is 0.365. The van der Waals surface area contributed by atoms with E-state index in [0.717, 1.165) is 11.3 Å². The Hall–Kier alpha value is -3.57. The number of nitrogens with zero attached hydrogens (tertiary/aromatic N) is 3. The number of carbonyl (C=O) groups is 1. The maximum atomic E-state index is 12.6. The molecule has 156 valence electrons. The van der Waals surface area contributed by atoms with Crippen molar-refractivity contribution >= 4 is 39.2 Å². The van der Waals surface area contributed by atoms with Gasteiger partial charge in [0.15, 0.2) is 10.8 Å². The highest BCUT2D eigenvalue weighted by Gasteiger charge is 2.15. The van der Waals surface area contributed by atoms with E-state index in [9.17, 15) is 14.4 Å². The van der Waals surface area contributed by atoms with Gasteiger partial charge in [-0.15, -0.1) is 10.2 Å². The molecule has 10 nitrogen and oxygen atoms in total. The van der Waals surface area contributed by atoms with Crippen LogP contribution in [0.4, 0.5) is 5.13 Å². The van der Waals surface area contributed by atoms with Crippen LogP contribution in [0.2, 0.25) is 0 Å². The Morgan fingerprint density at radius 2 is 2.20 bits per heavy atom. The van der Waals surface area contributed by atoms with Gasteiger partial charge in [0.2, 0.25) is 5.13 Å². The number of aryl methyl sites for hydroxylation is 1. The Balaban J connectivity index is 1.88. The van der Waals surface area contributed by atoms with E-state index in [1.54, 1.807) is 25.1 Å². The van der Waals surface area contributed by atoms with E-state index in [1.807, 2.05) is 0 Å². The summed E-state index contributed by atoms with van der Waals surface area (Å²) in [5.74, 6) is 0.0357. The maximum absolute atomic E-state index is 12.6. The highest BCUT2D eigenvalue weighted by atomic mass is 32.1. The third kappa shape index (κ3) is 4.36. The van der Waals surface area contributed by atoms with E-state index in [1.165, 1.54) is 16.9 Å². The van der Waals surface area contributed by atoms with Gasteiger partial charge in [-0.2, -0.15) is 0 Å². The SMILES string of the molecule is C=CO/C(=C\C)c1nnc(NC(=O)c2ccc3c(c2)[nH]c(=O)c(=O)n3CCCN)s1. The Morgan fingerprint density at radius 3 is 2.90 bits per heavy atom. The van der Waals surface area contributed by atoms with Crippen LogP contribution in [0.5, 0.6) is 0 Å². The summed E-state index contributed by atoms with van der Waals surface area (Å²) in [4.78, 5) is 39.3. The number of ether oxygens (including phenoxy) is 1. The van der Waals surface area contributed by atoms with Crippen molar-refractivity contribution in [3.05, 3.63) is 68.4 Å². The number of carbonyl (C=O) groups excluding carboxylic acids is 1.